The fourth-order valence-corrected chi connectivity index (χ4v) is 6.67. The average molecular weight is 564 g/mol. The van der Waals surface area contributed by atoms with Crippen LogP contribution in [0.5, 0.6) is 0 Å². The number of hydrogen-bond acceptors (Lipinski definition) is 3. The number of halogens is 4. The van der Waals surface area contributed by atoms with Gasteiger partial charge in [0.2, 0.25) is 0 Å². The van der Waals surface area contributed by atoms with Gasteiger partial charge in [-0.15, -0.1) is 0 Å². The van der Waals surface area contributed by atoms with E-state index >= 15 is 0 Å². The number of aliphatic hydroxyl groups is 1. The fraction of sp³-hybridized carbons (Fsp3) is 0.667. The van der Waals surface area contributed by atoms with Gasteiger partial charge in [-0.2, -0.15) is 13.2 Å². The Morgan fingerprint density at radius 3 is 2.27 bits per heavy atom. The molecule has 2 aromatic rings. The number of pyridine rings is 1. The first-order valence-corrected chi connectivity index (χ1v) is 14.8. The predicted molar refractivity (Wildman–Crippen MR) is 150 cm³/mol. The van der Waals surface area contributed by atoms with Crippen LogP contribution >= 0.6 is 0 Å². The zero-order valence-corrected chi connectivity index (χ0v) is 25.2. The van der Waals surface area contributed by atoms with Gasteiger partial charge in [0.1, 0.15) is 11.9 Å². The number of benzene rings is 1. The molecule has 2 heterocycles. The van der Waals surface area contributed by atoms with Gasteiger partial charge in [-0.05, 0) is 78.5 Å². The van der Waals surface area contributed by atoms with Gasteiger partial charge >= 0.3 is 6.18 Å². The van der Waals surface area contributed by atoms with Gasteiger partial charge in [-0.3, -0.25) is 4.98 Å². The SMILES string of the molecule is CC(C)c1nc2c(c3c1C(c1ccc(C(F)(F)F)c(F)c1)OC31CCCC1C)C(O)CC(C)(C)C2.CCC(C)C. The van der Waals surface area contributed by atoms with E-state index in [0.717, 1.165) is 71.8 Å². The summed E-state index contributed by atoms with van der Waals surface area (Å²) in [7, 11) is 0. The van der Waals surface area contributed by atoms with Crippen LogP contribution in [0.15, 0.2) is 18.2 Å². The summed E-state index contributed by atoms with van der Waals surface area (Å²) in [6.45, 7) is 17.1. The zero-order chi connectivity index (χ0) is 29.8. The second kappa shape index (κ2) is 11.0. The molecule has 4 atom stereocenters. The van der Waals surface area contributed by atoms with Crippen LogP contribution in [0.3, 0.4) is 0 Å². The van der Waals surface area contributed by atoms with Gasteiger partial charge < -0.3 is 9.84 Å². The van der Waals surface area contributed by atoms with Crippen LogP contribution in [-0.2, 0) is 22.9 Å². The maximum absolute atomic E-state index is 14.7. The molecule has 1 aromatic carbocycles. The number of aliphatic hydroxyl groups excluding tert-OH is 1. The van der Waals surface area contributed by atoms with Crippen molar-refractivity contribution in [1.82, 2.24) is 4.98 Å². The highest BCUT2D eigenvalue weighted by atomic mass is 19.4. The van der Waals surface area contributed by atoms with E-state index in [-0.39, 0.29) is 17.3 Å². The highest BCUT2D eigenvalue weighted by Gasteiger charge is 2.55. The molecule has 5 rings (SSSR count). The second-order valence-corrected chi connectivity index (χ2v) is 13.6. The van der Waals surface area contributed by atoms with Gasteiger partial charge in [0.15, 0.2) is 0 Å². The Labute approximate surface area is 236 Å². The van der Waals surface area contributed by atoms with Crippen LogP contribution in [0.25, 0.3) is 0 Å². The molecular formula is C33H45F4NO2. The third-order valence-electron chi connectivity index (χ3n) is 9.07. The lowest BCUT2D eigenvalue weighted by molar-refractivity contribution is -0.140. The van der Waals surface area contributed by atoms with Crippen molar-refractivity contribution in [3.63, 3.8) is 0 Å². The molecule has 222 valence electrons. The molecule has 2 aliphatic carbocycles. The number of ether oxygens (including phenoxy) is 1. The molecule has 1 fully saturated rings. The average Bonchev–Trinajstić information content (AvgIpc) is 3.37. The van der Waals surface area contributed by atoms with Gasteiger partial charge in [-0.1, -0.05) is 67.9 Å². The Morgan fingerprint density at radius 2 is 1.77 bits per heavy atom. The number of nitrogens with zero attached hydrogens (tertiary/aromatic N) is 1. The molecular weight excluding hydrogens is 518 g/mol. The number of alkyl halides is 3. The van der Waals surface area contributed by atoms with Crippen molar-refractivity contribution >= 4 is 0 Å². The molecule has 0 radical (unpaired) electrons. The second-order valence-electron chi connectivity index (χ2n) is 13.6. The van der Waals surface area contributed by atoms with E-state index in [1.807, 2.05) is 13.8 Å². The largest absolute Gasteiger partial charge is 0.419 e. The Balaban J connectivity index is 0.000000681. The number of aromatic nitrogens is 1. The molecule has 0 saturated heterocycles. The molecule has 3 aliphatic rings. The zero-order valence-electron chi connectivity index (χ0n) is 25.2. The van der Waals surface area contributed by atoms with Gasteiger partial charge in [-0.25, -0.2) is 4.39 Å². The maximum atomic E-state index is 14.7. The summed E-state index contributed by atoms with van der Waals surface area (Å²) in [4.78, 5) is 5.05. The van der Waals surface area contributed by atoms with Crippen LogP contribution in [0.4, 0.5) is 17.6 Å². The summed E-state index contributed by atoms with van der Waals surface area (Å²) in [5.41, 5.74) is 2.60. The van der Waals surface area contributed by atoms with E-state index in [0.29, 0.717) is 12.0 Å². The Bertz CT molecular complexity index is 1240. The lowest BCUT2D eigenvalue weighted by Crippen LogP contribution is -2.34. The summed E-state index contributed by atoms with van der Waals surface area (Å²) in [6.07, 6.45) is -0.917. The normalized spacial score (nSPS) is 27.1. The van der Waals surface area contributed by atoms with Gasteiger partial charge in [0.05, 0.1) is 17.3 Å². The summed E-state index contributed by atoms with van der Waals surface area (Å²) in [5.74, 6) is -0.248. The van der Waals surface area contributed by atoms with E-state index in [9.17, 15) is 22.7 Å². The molecule has 1 N–H and O–H groups in total. The van der Waals surface area contributed by atoms with Crippen molar-refractivity contribution in [3.05, 3.63) is 63.2 Å². The lowest BCUT2D eigenvalue weighted by Gasteiger charge is -2.39. The third-order valence-corrected chi connectivity index (χ3v) is 9.07. The van der Waals surface area contributed by atoms with E-state index in [1.165, 1.54) is 12.5 Å². The lowest BCUT2D eigenvalue weighted by atomic mass is 9.69. The molecule has 3 nitrogen and oxygen atoms in total. The van der Waals surface area contributed by atoms with E-state index in [4.69, 9.17) is 9.72 Å². The summed E-state index contributed by atoms with van der Waals surface area (Å²) >= 11 is 0. The molecule has 1 aliphatic heterocycles. The van der Waals surface area contributed by atoms with Crippen molar-refractivity contribution in [2.24, 2.45) is 17.3 Å². The first kappa shape index (κ1) is 31.0. The van der Waals surface area contributed by atoms with Crippen molar-refractivity contribution in [1.29, 1.82) is 0 Å². The van der Waals surface area contributed by atoms with Crippen molar-refractivity contribution in [2.45, 2.75) is 124 Å². The number of hydrogen-bond donors (Lipinski definition) is 1. The Morgan fingerprint density at radius 1 is 1.12 bits per heavy atom. The van der Waals surface area contributed by atoms with Crippen LogP contribution in [0.1, 0.15) is 145 Å². The van der Waals surface area contributed by atoms with E-state index in [1.54, 1.807) is 0 Å². The highest BCUT2D eigenvalue weighted by Crippen LogP contribution is 2.61. The summed E-state index contributed by atoms with van der Waals surface area (Å²) in [6, 6.07) is 3.08. The van der Waals surface area contributed by atoms with Crippen molar-refractivity contribution in [3.8, 4) is 0 Å². The topological polar surface area (TPSA) is 42.4 Å². The molecule has 7 heteroatoms. The van der Waals surface area contributed by atoms with Gasteiger partial charge in [0.25, 0.3) is 0 Å². The van der Waals surface area contributed by atoms with Crippen LogP contribution < -0.4 is 0 Å². The third kappa shape index (κ3) is 5.57. The standard InChI is InChI=1S/C28H33F4NO2.C5H12/c1-14(2)24-22-23(21-19(33-24)12-26(4,5)13-20(21)34)27(10-6-7-15(27)3)35-25(22)16-8-9-17(18(29)11-16)28(30,31)32;1-4-5(2)3/h8-9,11,14-15,20,25,34H,6-7,10,12-13H2,1-5H3;5H,4H2,1-3H3. The van der Waals surface area contributed by atoms with Crippen LogP contribution in [-0.4, -0.2) is 10.1 Å². The number of fused-ring (bicyclic) bond motifs is 4. The van der Waals surface area contributed by atoms with E-state index < -0.39 is 35.4 Å². The van der Waals surface area contributed by atoms with Crippen molar-refractivity contribution in [2.75, 3.05) is 0 Å². The van der Waals surface area contributed by atoms with Crippen molar-refractivity contribution < 1.29 is 27.4 Å². The molecule has 1 saturated carbocycles. The smallest absolute Gasteiger partial charge is 0.388 e. The molecule has 0 amide bonds. The number of rotatable bonds is 3. The summed E-state index contributed by atoms with van der Waals surface area (Å²) < 4.78 is 61.2. The van der Waals surface area contributed by atoms with Gasteiger partial charge in [0, 0.05) is 22.5 Å². The van der Waals surface area contributed by atoms with Crippen LogP contribution in [0.2, 0.25) is 0 Å². The quantitative estimate of drug-likeness (QED) is 0.378. The van der Waals surface area contributed by atoms with E-state index in [2.05, 4.69) is 41.5 Å². The molecule has 1 spiro atoms. The monoisotopic (exact) mass is 563 g/mol. The van der Waals surface area contributed by atoms with Crippen LogP contribution in [0, 0.1) is 23.1 Å². The molecule has 1 aromatic heterocycles. The maximum Gasteiger partial charge on any atom is 0.419 e. The minimum atomic E-state index is -4.77. The predicted octanol–water partition coefficient (Wildman–Crippen LogP) is 9.56. The highest BCUT2D eigenvalue weighted by molar-refractivity contribution is 5.55. The molecule has 40 heavy (non-hydrogen) atoms. The minimum Gasteiger partial charge on any atom is -0.388 e. The first-order valence-electron chi connectivity index (χ1n) is 14.8. The Hall–Kier alpha value is -1.99. The molecule has 0 bridgehead atoms. The fourth-order valence-electron chi connectivity index (χ4n) is 6.67. The molecule has 4 unspecified atom stereocenters. The minimum absolute atomic E-state index is 0.0217. The summed E-state index contributed by atoms with van der Waals surface area (Å²) in [5, 5.41) is 11.4. The Kier molecular flexibility index (Phi) is 8.52. The first-order chi connectivity index (χ1) is 18.5.